The summed E-state index contributed by atoms with van der Waals surface area (Å²) in [6.07, 6.45) is 2.39. The minimum Gasteiger partial charge on any atom is -0.493 e. The Morgan fingerprint density at radius 3 is 2.51 bits per heavy atom. The average Bonchev–Trinajstić information content (AvgIpc) is 2.92. The second kappa shape index (κ2) is 11.3. The molecule has 3 aromatic carbocycles. The van der Waals surface area contributed by atoms with Crippen LogP contribution in [0.4, 0.5) is 17.2 Å². The van der Waals surface area contributed by atoms with E-state index in [-0.39, 0.29) is 0 Å². The van der Waals surface area contributed by atoms with Gasteiger partial charge in [0.1, 0.15) is 17.9 Å². The highest BCUT2D eigenvalue weighted by Gasteiger charge is 2.12. The number of anilines is 3. The first-order chi connectivity index (χ1) is 18.0. The van der Waals surface area contributed by atoms with Crippen molar-refractivity contribution in [1.82, 2.24) is 15.0 Å². The zero-order valence-corrected chi connectivity index (χ0v) is 21.7. The summed E-state index contributed by atoms with van der Waals surface area (Å²) in [7, 11) is 0. The van der Waals surface area contributed by atoms with E-state index in [4.69, 9.17) is 15.5 Å². The van der Waals surface area contributed by atoms with Gasteiger partial charge < -0.3 is 15.8 Å². The first kappa shape index (κ1) is 24.6. The Hall–Kier alpha value is -4.10. The molecule has 0 atom stereocenters. The van der Waals surface area contributed by atoms with Crippen molar-refractivity contribution in [3.05, 3.63) is 103 Å². The van der Waals surface area contributed by atoms with E-state index in [9.17, 15) is 0 Å². The average molecular weight is 508 g/mol. The molecule has 2 aromatic heterocycles. The van der Waals surface area contributed by atoms with Crippen LogP contribution >= 0.6 is 11.8 Å². The van der Waals surface area contributed by atoms with Crippen LogP contribution in [0.3, 0.4) is 0 Å². The van der Waals surface area contributed by atoms with Crippen molar-refractivity contribution in [3.63, 3.8) is 0 Å². The van der Waals surface area contributed by atoms with Crippen molar-refractivity contribution in [2.75, 3.05) is 17.7 Å². The van der Waals surface area contributed by atoms with Crippen LogP contribution in [0, 0.1) is 0 Å². The number of nitrogens with one attached hydrogen (secondary N) is 1. The number of fused-ring (bicyclic) bond motifs is 1. The van der Waals surface area contributed by atoms with Gasteiger partial charge in [-0.15, -0.1) is 0 Å². The van der Waals surface area contributed by atoms with Crippen LogP contribution < -0.4 is 15.8 Å². The number of aromatic nitrogens is 3. The lowest BCUT2D eigenvalue weighted by Gasteiger charge is -2.15. The van der Waals surface area contributed by atoms with E-state index in [1.165, 1.54) is 5.56 Å². The van der Waals surface area contributed by atoms with Crippen LogP contribution in [-0.2, 0) is 6.42 Å². The third-order valence-electron chi connectivity index (χ3n) is 5.92. The quantitative estimate of drug-likeness (QED) is 0.203. The largest absolute Gasteiger partial charge is 0.493 e. The van der Waals surface area contributed by atoms with Crippen LogP contribution in [0.5, 0.6) is 5.75 Å². The summed E-state index contributed by atoms with van der Waals surface area (Å²) in [5.74, 6) is 1.82. The standard InChI is InChI=1S/C30H29N5OS/c1-20(2)26-14-13-25-29(34-26)32-19-33-30(25)35-27-18-23(36-17-16-21-6-4-3-5-7-21)10-15-28(27)37-24-11-8-22(31)9-12-24/h3-15,18-20H,16-17,31H2,1-2H3,(H,32,33,34,35). The van der Waals surface area contributed by atoms with E-state index in [1.807, 2.05) is 66.7 Å². The second-order valence-corrected chi connectivity index (χ2v) is 10.1. The summed E-state index contributed by atoms with van der Waals surface area (Å²) >= 11 is 1.65. The van der Waals surface area contributed by atoms with Crippen LogP contribution in [-0.4, -0.2) is 21.6 Å². The van der Waals surface area contributed by atoms with E-state index < -0.39 is 0 Å². The van der Waals surface area contributed by atoms with Crippen molar-refractivity contribution >= 4 is 40.0 Å². The highest BCUT2D eigenvalue weighted by molar-refractivity contribution is 7.99. The second-order valence-electron chi connectivity index (χ2n) is 9.02. The Balaban J connectivity index is 1.44. The summed E-state index contributed by atoms with van der Waals surface area (Å²) in [5, 5.41) is 4.39. The molecule has 37 heavy (non-hydrogen) atoms. The molecule has 5 rings (SSSR count). The van der Waals surface area contributed by atoms with Gasteiger partial charge in [0.2, 0.25) is 0 Å². The molecule has 2 heterocycles. The number of pyridine rings is 1. The Morgan fingerprint density at radius 1 is 0.919 bits per heavy atom. The monoisotopic (exact) mass is 507 g/mol. The van der Waals surface area contributed by atoms with Crippen molar-refractivity contribution in [2.45, 2.75) is 36.0 Å². The molecule has 7 heteroatoms. The van der Waals surface area contributed by atoms with Crippen molar-refractivity contribution < 1.29 is 4.74 Å². The number of ether oxygens (including phenoxy) is 1. The van der Waals surface area contributed by atoms with E-state index in [0.717, 1.165) is 44.4 Å². The first-order valence-corrected chi connectivity index (χ1v) is 13.1. The van der Waals surface area contributed by atoms with Gasteiger partial charge in [-0.2, -0.15) is 0 Å². The van der Waals surface area contributed by atoms with Crippen molar-refractivity contribution in [1.29, 1.82) is 0 Å². The van der Waals surface area contributed by atoms with Crippen LogP contribution in [0.1, 0.15) is 31.0 Å². The predicted octanol–water partition coefficient (Wildman–Crippen LogP) is 7.25. The lowest BCUT2D eigenvalue weighted by molar-refractivity contribution is 0.322. The SMILES string of the molecule is CC(C)c1ccc2c(Nc3cc(OCCc4ccccc4)ccc3Sc3ccc(N)cc3)ncnc2n1. The summed E-state index contributed by atoms with van der Waals surface area (Å²) in [4.78, 5) is 15.8. The van der Waals surface area contributed by atoms with Crippen LogP contribution in [0.25, 0.3) is 11.0 Å². The third kappa shape index (κ3) is 6.19. The molecule has 0 unspecified atom stereocenters. The van der Waals surface area contributed by atoms with E-state index >= 15 is 0 Å². The molecule has 0 bridgehead atoms. The zero-order valence-electron chi connectivity index (χ0n) is 20.9. The molecule has 0 aliphatic carbocycles. The fraction of sp³-hybridized carbons (Fsp3) is 0.167. The fourth-order valence-corrected chi connectivity index (χ4v) is 4.77. The molecule has 6 nitrogen and oxygen atoms in total. The molecule has 0 spiro atoms. The topological polar surface area (TPSA) is 86.0 Å². The van der Waals surface area contributed by atoms with Gasteiger partial charge in [-0.25, -0.2) is 15.0 Å². The molecule has 0 fully saturated rings. The minimum atomic E-state index is 0.323. The molecular weight excluding hydrogens is 478 g/mol. The minimum absolute atomic E-state index is 0.323. The number of hydrogen-bond donors (Lipinski definition) is 2. The maximum Gasteiger partial charge on any atom is 0.164 e. The molecule has 0 saturated heterocycles. The highest BCUT2D eigenvalue weighted by Crippen LogP contribution is 2.38. The highest BCUT2D eigenvalue weighted by atomic mass is 32.2. The Morgan fingerprint density at radius 2 is 1.73 bits per heavy atom. The number of nitrogens with zero attached hydrogens (tertiary/aromatic N) is 3. The maximum atomic E-state index is 6.13. The van der Waals surface area contributed by atoms with Gasteiger partial charge in [-0.1, -0.05) is 55.9 Å². The summed E-state index contributed by atoms with van der Waals surface area (Å²) in [6.45, 7) is 4.84. The van der Waals surface area contributed by atoms with Crippen molar-refractivity contribution in [2.24, 2.45) is 0 Å². The number of nitrogens with two attached hydrogens (primary N) is 1. The summed E-state index contributed by atoms with van der Waals surface area (Å²) < 4.78 is 6.13. The maximum absolute atomic E-state index is 6.13. The summed E-state index contributed by atoms with van der Waals surface area (Å²) in [6, 6.07) is 28.4. The van der Waals surface area contributed by atoms with Gasteiger partial charge in [0.25, 0.3) is 0 Å². The molecule has 0 aliphatic rings. The predicted molar refractivity (Wildman–Crippen MR) is 152 cm³/mol. The number of nitrogen functional groups attached to an aromatic ring is 1. The molecule has 0 amide bonds. The normalized spacial score (nSPS) is 11.1. The molecule has 0 saturated carbocycles. The van der Waals surface area contributed by atoms with Crippen LogP contribution in [0.15, 0.2) is 101 Å². The Kier molecular flexibility index (Phi) is 7.51. The van der Waals surface area contributed by atoms with Crippen LogP contribution in [0.2, 0.25) is 0 Å². The lowest BCUT2D eigenvalue weighted by Crippen LogP contribution is -2.03. The molecule has 5 aromatic rings. The molecule has 0 aliphatic heterocycles. The molecule has 3 N–H and O–H groups in total. The number of benzene rings is 3. The fourth-order valence-electron chi connectivity index (χ4n) is 3.89. The van der Waals surface area contributed by atoms with Gasteiger partial charge in [0, 0.05) is 33.7 Å². The zero-order chi connectivity index (χ0) is 25.6. The van der Waals surface area contributed by atoms with Gasteiger partial charge >= 0.3 is 0 Å². The lowest BCUT2D eigenvalue weighted by atomic mass is 10.1. The Labute approximate surface area is 221 Å². The number of hydrogen-bond acceptors (Lipinski definition) is 7. The van der Waals surface area contributed by atoms with E-state index in [2.05, 4.69) is 47.3 Å². The van der Waals surface area contributed by atoms with Gasteiger partial charge in [0.15, 0.2) is 5.65 Å². The third-order valence-corrected chi connectivity index (χ3v) is 7.01. The number of rotatable bonds is 9. The molecule has 186 valence electrons. The van der Waals surface area contributed by atoms with E-state index in [1.54, 1.807) is 18.1 Å². The summed E-state index contributed by atoms with van der Waals surface area (Å²) in [5.41, 5.74) is 10.4. The smallest absolute Gasteiger partial charge is 0.164 e. The van der Waals surface area contributed by atoms with Crippen molar-refractivity contribution in [3.8, 4) is 5.75 Å². The molecule has 0 radical (unpaired) electrons. The first-order valence-electron chi connectivity index (χ1n) is 12.3. The van der Waals surface area contributed by atoms with Gasteiger partial charge in [-0.05, 0) is 60.0 Å². The Bertz CT molecular complexity index is 1490. The molecular formula is C30H29N5OS. The van der Waals surface area contributed by atoms with Gasteiger partial charge in [0.05, 0.1) is 17.7 Å². The van der Waals surface area contributed by atoms with Gasteiger partial charge in [-0.3, -0.25) is 0 Å². The van der Waals surface area contributed by atoms with E-state index in [0.29, 0.717) is 24.0 Å².